The summed E-state index contributed by atoms with van der Waals surface area (Å²) in [6.07, 6.45) is 0.860. The number of ether oxygens (including phenoxy) is 1. The van der Waals surface area contributed by atoms with E-state index >= 15 is 0 Å². The summed E-state index contributed by atoms with van der Waals surface area (Å²) >= 11 is 0. The third-order valence-electron chi connectivity index (χ3n) is 4.21. The Morgan fingerprint density at radius 2 is 1.92 bits per heavy atom. The fraction of sp³-hybridized carbons (Fsp3) is 0.474. The number of rotatable bonds is 0. The van der Waals surface area contributed by atoms with Crippen LogP contribution in [0.3, 0.4) is 0 Å². The van der Waals surface area contributed by atoms with Crippen molar-refractivity contribution in [1.82, 2.24) is 0 Å². The first-order valence-electron chi connectivity index (χ1n) is 8.39. The summed E-state index contributed by atoms with van der Waals surface area (Å²) in [5.41, 5.74) is 1.55. The normalized spacial score (nSPS) is 27.1. The molecule has 2 unspecified atom stereocenters. The lowest BCUT2D eigenvalue weighted by Crippen LogP contribution is -2.33. The molecule has 0 bridgehead atoms. The van der Waals surface area contributed by atoms with Gasteiger partial charge in [0.05, 0.1) is 6.10 Å². The summed E-state index contributed by atoms with van der Waals surface area (Å²) in [5, 5.41) is 30.0. The van der Waals surface area contributed by atoms with E-state index in [2.05, 4.69) is 0 Å². The van der Waals surface area contributed by atoms with Gasteiger partial charge in [0.2, 0.25) is 0 Å². The first kappa shape index (κ1) is 19.1. The van der Waals surface area contributed by atoms with Gasteiger partial charge < -0.3 is 20.1 Å². The maximum absolute atomic E-state index is 12.4. The second-order valence-corrected chi connectivity index (χ2v) is 6.48. The number of hydrogen-bond donors (Lipinski definition) is 3. The van der Waals surface area contributed by atoms with Crippen LogP contribution in [0.15, 0.2) is 24.3 Å². The maximum atomic E-state index is 12.4. The van der Waals surface area contributed by atoms with Crippen molar-refractivity contribution in [1.29, 1.82) is 0 Å². The van der Waals surface area contributed by atoms with E-state index in [-0.39, 0.29) is 24.2 Å². The van der Waals surface area contributed by atoms with Crippen molar-refractivity contribution in [2.75, 3.05) is 0 Å². The van der Waals surface area contributed by atoms with Crippen LogP contribution in [0, 0.1) is 6.92 Å². The summed E-state index contributed by atoms with van der Waals surface area (Å²) in [5.74, 6) is -1.32. The lowest BCUT2D eigenvalue weighted by molar-refractivity contribution is -0.128. The number of carbonyl (C=O) groups excluding carboxylic acids is 2. The molecule has 0 amide bonds. The van der Waals surface area contributed by atoms with Gasteiger partial charge in [-0.3, -0.25) is 4.79 Å². The van der Waals surface area contributed by atoms with E-state index in [0.717, 1.165) is 5.56 Å². The zero-order chi connectivity index (χ0) is 18.6. The number of fused-ring (bicyclic) bond motifs is 1. The van der Waals surface area contributed by atoms with Crippen LogP contribution in [0.4, 0.5) is 0 Å². The van der Waals surface area contributed by atoms with Crippen LogP contribution in [0.25, 0.3) is 0 Å². The molecule has 3 atom stereocenters. The van der Waals surface area contributed by atoms with Gasteiger partial charge in [-0.05, 0) is 56.4 Å². The van der Waals surface area contributed by atoms with E-state index in [0.29, 0.717) is 18.4 Å². The van der Waals surface area contributed by atoms with Crippen molar-refractivity contribution in [3.63, 3.8) is 0 Å². The van der Waals surface area contributed by atoms with Crippen LogP contribution in [-0.2, 0) is 16.0 Å². The highest BCUT2D eigenvalue weighted by molar-refractivity contribution is 5.95. The molecule has 3 N–H and O–H groups in total. The van der Waals surface area contributed by atoms with E-state index in [1.165, 1.54) is 18.2 Å². The summed E-state index contributed by atoms with van der Waals surface area (Å²) in [6.45, 7) is 3.48. The minimum Gasteiger partial charge on any atom is -0.507 e. The molecule has 2 rings (SSSR count). The zero-order valence-corrected chi connectivity index (χ0v) is 14.4. The highest BCUT2D eigenvalue weighted by atomic mass is 16.5. The molecule has 1 aliphatic rings. The van der Waals surface area contributed by atoms with Gasteiger partial charge >= 0.3 is 5.97 Å². The Kier molecular flexibility index (Phi) is 6.33. The quantitative estimate of drug-likeness (QED) is 0.618. The molecule has 136 valence electrons. The number of esters is 1. The minimum atomic E-state index is -1.47. The summed E-state index contributed by atoms with van der Waals surface area (Å²) < 4.78 is 5.35. The SMILES string of the molecule is Cc1cc(O)c2c(c1)CCC[C@H](O)C(O)C(=O)/C=C\CC(C)OC2=O. The Morgan fingerprint density at radius 1 is 1.20 bits per heavy atom. The van der Waals surface area contributed by atoms with Crippen molar-refractivity contribution >= 4 is 11.8 Å². The number of cyclic esters (lactones) is 1. The van der Waals surface area contributed by atoms with Gasteiger partial charge in [-0.15, -0.1) is 0 Å². The number of ketones is 1. The predicted octanol–water partition coefficient (Wildman–Crippen LogP) is 1.82. The molecule has 0 spiro atoms. The second-order valence-electron chi connectivity index (χ2n) is 6.48. The molecule has 6 nitrogen and oxygen atoms in total. The molecule has 0 fully saturated rings. The van der Waals surface area contributed by atoms with Crippen molar-refractivity contribution in [2.45, 2.75) is 57.8 Å². The van der Waals surface area contributed by atoms with E-state index in [1.807, 2.05) is 0 Å². The van der Waals surface area contributed by atoms with Crippen molar-refractivity contribution in [3.8, 4) is 5.75 Å². The molecule has 25 heavy (non-hydrogen) atoms. The van der Waals surface area contributed by atoms with Crippen molar-refractivity contribution in [2.24, 2.45) is 0 Å². The van der Waals surface area contributed by atoms with Crippen LogP contribution in [0.1, 0.15) is 47.7 Å². The molecule has 1 aromatic carbocycles. The van der Waals surface area contributed by atoms with Gasteiger partial charge in [-0.1, -0.05) is 12.1 Å². The van der Waals surface area contributed by atoms with Gasteiger partial charge in [0.25, 0.3) is 0 Å². The zero-order valence-electron chi connectivity index (χ0n) is 14.4. The topological polar surface area (TPSA) is 104 Å². The fourth-order valence-electron chi connectivity index (χ4n) is 2.89. The number of carbonyl (C=O) groups is 2. The first-order chi connectivity index (χ1) is 11.8. The smallest absolute Gasteiger partial charge is 0.342 e. The number of phenolic OH excluding ortho intramolecular Hbond substituents is 1. The molecule has 1 aromatic rings. The average molecular weight is 348 g/mol. The summed E-state index contributed by atoms with van der Waals surface area (Å²) in [4.78, 5) is 24.3. The summed E-state index contributed by atoms with van der Waals surface area (Å²) in [7, 11) is 0. The number of aryl methyl sites for hydroxylation is 2. The van der Waals surface area contributed by atoms with Crippen LogP contribution < -0.4 is 0 Å². The molecule has 6 heteroatoms. The third kappa shape index (κ3) is 4.90. The highest BCUT2D eigenvalue weighted by Gasteiger charge is 2.24. The van der Waals surface area contributed by atoms with Crippen LogP contribution >= 0.6 is 0 Å². The molecular formula is C19H24O6. The third-order valence-corrected chi connectivity index (χ3v) is 4.21. The van der Waals surface area contributed by atoms with E-state index in [9.17, 15) is 24.9 Å². The molecule has 0 saturated heterocycles. The monoisotopic (exact) mass is 348 g/mol. The van der Waals surface area contributed by atoms with Crippen LogP contribution in [0.2, 0.25) is 0 Å². The first-order valence-corrected chi connectivity index (χ1v) is 8.39. The lowest BCUT2D eigenvalue weighted by atomic mass is 9.96. The Balaban J connectivity index is 2.34. The van der Waals surface area contributed by atoms with Gasteiger partial charge in [0.1, 0.15) is 23.5 Å². The summed E-state index contributed by atoms with van der Waals surface area (Å²) in [6, 6.07) is 3.30. The average Bonchev–Trinajstić information content (AvgIpc) is 2.52. The predicted molar refractivity (Wildman–Crippen MR) is 91.4 cm³/mol. The van der Waals surface area contributed by atoms with E-state index < -0.39 is 30.1 Å². The van der Waals surface area contributed by atoms with Gasteiger partial charge in [0, 0.05) is 6.42 Å². The molecule has 0 aromatic heterocycles. The lowest BCUT2D eigenvalue weighted by Gasteiger charge is -2.18. The Labute approximate surface area is 146 Å². The largest absolute Gasteiger partial charge is 0.507 e. The van der Waals surface area contributed by atoms with Crippen LogP contribution in [0.5, 0.6) is 5.75 Å². The molecule has 0 radical (unpaired) electrons. The number of benzene rings is 1. The van der Waals surface area contributed by atoms with Crippen molar-refractivity contribution in [3.05, 3.63) is 41.0 Å². The highest BCUT2D eigenvalue weighted by Crippen LogP contribution is 2.27. The fourth-order valence-corrected chi connectivity index (χ4v) is 2.89. The Morgan fingerprint density at radius 3 is 2.64 bits per heavy atom. The molecule has 0 aliphatic carbocycles. The Bertz CT molecular complexity index is 679. The molecule has 0 saturated carbocycles. The second kappa shape index (κ2) is 8.27. The Hall–Kier alpha value is -2.18. The molecular weight excluding hydrogens is 324 g/mol. The van der Waals surface area contributed by atoms with Gasteiger partial charge in [-0.25, -0.2) is 4.79 Å². The number of hydrogen-bond acceptors (Lipinski definition) is 6. The molecule has 1 aliphatic heterocycles. The number of aliphatic hydroxyl groups is 2. The van der Waals surface area contributed by atoms with E-state index in [4.69, 9.17) is 4.74 Å². The minimum absolute atomic E-state index is 0.129. The van der Waals surface area contributed by atoms with Crippen molar-refractivity contribution < 1.29 is 29.6 Å². The standard InChI is InChI=1S/C19H24O6/c1-11-9-13-6-4-8-15(21)18(23)14(20)7-3-5-12(2)25-19(24)17(13)16(22)10-11/h3,7,9-10,12,15,18,21-23H,4-6,8H2,1-2H3/b7-3-/t12?,15-,18?/m0/s1. The van der Waals surface area contributed by atoms with Crippen LogP contribution in [-0.4, -0.2) is 45.4 Å². The number of aliphatic hydroxyl groups excluding tert-OH is 2. The van der Waals surface area contributed by atoms with Gasteiger partial charge in [-0.2, -0.15) is 0 Å². The van der Waals surface area contributed by atoms with E-state index in [1.54, 1.807) is 19.9 Å². The number of aromatic hydroxyl groups is 1. The van der Waals surface area contributed by atoms with Gasteiger partial charge in [0.15, 0.2) is 5.78 Å². The molecule has 1 heterocycles. The maximum Gasteiger partial charge on any atom is 0.342 e. The number of phenols is 1.